The van der Waals surface area contributed by atoms with E-state index in [0.717, 1.165) is 11.3 Å². The van der Waals surface area contributed by atoms with Crippen LogP contribution in [0.15, 0.2) is 24.3 Å². The van der Waals surface area contributed by atoms with Gasteiger partial charge in [0.25, 0.3) is 0 Å². The van der Waals surface area contributed by atoms with Crippen LogP contribution >= 0.6 is 0 Å². The maximum atomic E-state index is 12.7. The Morgan fingerprint density at radius 3 is 2.50 bits per heavy atom. The van der Waals surface area contributed by atoms with E-state index in [4.69, 9.17) is 4.74 Å². The largest absolute Gasteiger partial charge is 0.493 e. The van der Waals surface area contributed by atoms with Crippen LogP contribution in [0.2, 0.25) is 0 Å². The Balaban J connectivity index is 1.72. The molecule has 1 aliphatic heterocycles. The standard InChI is InChI=1S/C17H22F3NO3/c1-13-5-2-3-6-14(13)24-12-4-7-15(22)21-10-8-16(23,9-11-21)17(18,19)20/h2-3,5-6,23H,4,7-12H2,1H3. The van der Waals surface area contributed by atoms with Gasteiger partial charge < -0.3 is 14.7 Å². The third-order valence-electron chi connectivity index (χ3n) is 4.36. The number of hydrogen-bond acceptors (Lipinski definition) is 3. The van der Waals surface area contributed by atoms with E-state index in [0.29, 0.717) is 13.0 Å². The third kappa shape index (κ3) is 4.41. The Bertz CT molecular complexity index is 566. The van der Waals surface area contributed by atoms with Gasteiger partial charge in [0.15, 0.2) is 5.60 Å². The van der Waals surface area contributed by atoms with E-state index in [-0.39, 0.29) is 25.4 Å². The van der Waals surface area contributed by atoms with Crippen molar-refractivity contribution < 1.29 is 27.8 Å². The highest BCUT2D eigenvalue weighted by Crippen LogP contribution is 2.38. The van der Waals surface area contributed by atoms with E-state index in [1.54, 1.807) is 0 Å². The van der Waals surface area contributed by atoms with Crippen LogP contribution in [0.5, 0.6) is 5.75 Å². The van der Waals surface area contributed by atoms with Crippen LogP contribution in [0.1, 0.15) is 31.2 Å². The van der Waals surface area contributed by atoms with Crippen LogP contribution < -0.4 is 4.74 Å². The van der Waals surface area contributed by atoms with Crippen molar-refractivity contribution in [1.29, 1.82) is 0 Å². The number of nitrogens with zero attached hydrogens (tertiary/aromatic N) is 1. The molecule has 1 N–H and O–H groups in total. The number of piperidine rings is 1. The highest BCUT2D eigenvalue weighted by Gasteiger charge is 2.54. The number of amides is 1. The summed E-state index contributed by atoms with van der Waals surface area (Å²) >= 11 is 0. The monoisotopic (exact) mass is 345 g/mol. The predicted molar refractivity (Wildman–Crippen MR) is 82.7 cm³/mol. The van der Waals surface area contributed by atoms with Crippen LogP contribution in [0.25, 0.3) is 0 Å². The topological polar surface area (TPSA) is 49.8 Å². The Morgan fingerprint density at radius 2 is 1.92 bits per heavy atom. The molecule has 0 aromatic heterocycles. The number of carbonyl (C=O) groups is 1. The third-order valence-corrected chi connectivity index (χ3v) is 4.36. The Kier molecular flexibility index (Phi) is 5.74. The molecular weight excluding hydrogens is 323 g/mol. The van der Waals surface area contributed by atoms with Crippen molar-refractivity contribution >= 4 is 5.91 Å². The number of aliphatic hydroxyl groups is 1. The molecule has 1 heterocycles. The van der Waals surface area contributed by atoms with Gasteiger partial charge in [-0.3, -0.25) is 4.79 Å². The lowest BCUT2D eigenvalue weighted by Crippen LogP contribution is -2.54. The lowest BCUT2D eigenvalue weighted by molar-refractivity contribution is -0.272. The first-order valence-electron chi connectivity index (χ1n) is 7.98. The van der Waals surface area contributed by atoms with E-state index in [9.17, 15) is 23.1 Å². The van der Waals surface area contributed by atoms with Crippen molar-refractivity contribution in [1.82, 2.24) is 4.90 Å². The molecule has 1 amide bonds. The molecule has 1 aromatic carbocycles. The SMILES string of the molecule is Cc1ccccc1OCCCC(=O)N1CCC(O)(C(F)(F)F)CC1. The summed E-state index contributed by atoms with van der Waals surface area (Å²) < 4.78 is 43.8. The van der Waals surface area contributed by atoms with Crippen molar-refractivity contribution in [3.63, 3.8) is 0 Å². The quantitative estimate of drug-likeness (QED) is 0.835. The van der Waals surface area contributed by atoms with E-state index in [1.165, 1.54) is 4.90 Å². The molecule has 0 unspecified atom stereocenters. The Morgan fingerprint density at radius 1 is 1.29 bits per heavy atom. The van der Waals surface area contributed by atoms with Gasteiger partial charge >= 0.3 is 6.18 Å². The summed E-state index contributed by atoms with van der Waals surface area (Å²) in [5.41, 5.74) is -1.66. The summed E-state index contributed by atoms with van der Waals surface area (Å²) in [6.07, 6.45) is -4.88. The first-order chi connectivity index (χ1) is 11.2. The minimum atomic E-state index is -4.65. The second kappa shape index (κ2) is 7.42. The highest BCUT2D eigenvalue weighted by atomic mass is 19.4. The second-order valence-electron chi connectivity index (χ2n) is 6.13. The number of rotatable bonds is 5. The average molecular weight is 345 g/mol. The molecule has 1 aliphatic rings. The Hall–Kier alpha value is -1.76. The van der Waals surface area contributed by atoms with Gasteiger partial charge in [-0.1, -0.05) is 18.2 Å². The van der Waals surface area contributed by atoms with Crippen LogP contribution in [0.4, 0.5) is 13.2 Å². The normalized spacial score (nSPS) is 17.6. The molecule has 4 nitrogen and oxygen atoms in total. The molecule has 134 valence electrons. The van der Waals surface area contributed by atoms with Crippen LogP contribution in [0.3, 0.4) is 0 Å². The smallest absolute Gasteiger partial charge is 0.417 e. The zero-order chi connectivity index (χ0) is 17.8. The average Bonchev–Trinajstić information content (AvgIpc) is 2.52. The fourth-order valence-corrected chi connectivity index (χ4v) is 2.69. The number of alkyl halides is 3. The summed E-state index contributed by atoms with van der Waals surface area (Å²) in [5, 5.41) is 9.59. The molecule has 0 bridgehead atoms. The van der Waals surface area contributed by atoms with Gasteiger partial charge in [0.05, 0.1) is 6.61 Å². The second-order valence-corrected chi connectivity index (χ2v) is 6.13. The Labute approximate surface area is 139 Å². The summed E-state index contributed by atoms with van der Waals surface area (Å²) in [7, 11) is 0. The minimum Gasteiger partial charge on any atom is -0.493 e. The van der Waals surface area contributed by atoms with E-state index in [1.807, 2.05) is 31.2 Å². The van der Waals surface area contributed by atoms with E-state index in [2.05, 4.69) is 0 Å². The van der Waals surface area contributed by atoms with Crippen molar-refractivity contribution in [3.05, 3.63) is 29.8 Å². The number of hydrogen-bond donors (Lipinski definition) is 1. The van der Waals surface area contributed by atoms with Crippen molar-refractivity contribution in [2.75, 3.05) is 19.7 Å². The lowest BCUT2D eigenvalue weighted by atomic mass is 9.90. The summed E-state index contributed by atoms with van der Waals surface area (Å²) in [6.45, 7) is 2.15. The van der Waals surface area contributed by atoms with Crippen molar-refractivity contribution in [3.8, 4) is 5.75 Å². The molecule has 1 saturated heterocycles. The maximum Gasteiger partial charge on any atom is 0.417 e. The van der Waals surface area contributed by atoms with Gasteiger partial charge in [-0.05, 0) is 25.0 Å². The van der Waals surface area contributed by atoms with E-state index < -0.39 is 24.6 Å². The number of para-hydroxylation sites is 1. The zero-order valence-electron chi connectivity index (χ0n) is 13.6. The molecule has 2 rings (SSSR count). The highest BCUT2D eigenvalue weighted by molar-refractivity contribution is 5.76. The molecule has 7 heteroatoms. The van der Waals surface area contributed by atoms with Gasteiger partial charge in [0.1, 0.15) is 5.75 Å². The number of ether oxygens (including phenoxy) is 1. The first-order valence-corrected chi connectivity index (χ1v) is 7.98. The van der Waals surface area contributed by atoms with Crippen molar-refractivity contribution in [2.45, 2.75) is 44.4 Å². The molecule has 0 atom stereocenters. The lowest BCUT2D eigenvalue weighted by Gasteiger charge is -2.39. The molecule has 1 fully saturated rings. The fourth-order valence-electron chi connectivity index (χ4n) is 2.69. The maximum absolute atomic E-state index is 12.7. The number of benzene rings is 1. The fraction of sp³-hybridized carbons (Fsp3) is 0.588. The first kappa shape index (κ1) is 18.6. The molecule has 24 heavy (non-hydrogen) atoms. The van der Waals surface area contributed by atoms with Crippen molar-refractivity contribution in [2.24, 2.45) is 0 Å². The summed E-state index contributed by atoms with van der Waals surface area (Å²) in [5.74, 6) is 0.561. The number of halogens is 3. The summed E-state index contributed by atoms with van der Waals surface area (Å²) in [4.78, 5) is 13.4. The van der Waals surface area contributed by atoms with Gasteiger partial charge in [-0.2, -0.15) is 13.2 Å². The van der Waals surface area contributed by atoms with Crippen LogP contribution in [0, 0.1) is 6.92 Å². The molecule has 0 spiro atoms. The van der Waals surface area contributed by atoms with Crippen LogP contribution in [-0.4, -0.2) is 47.4 Å². The number of carbonyl (C=O) groups excluding carboxylic acids is 1. The molecule has 0 saturated carbocycles. The minimum absolute atomic E-state index is 0.0759. The molecular formula is C17H22F3NO3. The number of likely N-dealkylation sites (tertiary alicyclic amines) is 1. The van der Waals surface area contributed by atoms with Gasteiger partial charge in [0, 0.05) is 32.4 Å². The van der Waals surface area contributed by atoms with Gasteiger partial charge in [-0.25, -0.2) is 0 Å². The zero-order valence-corrected chi connectivity index (χ0v) is 13.6. The van der Waals surface area contributed by atoms with Gasteiger partial charge in [0.2, 0.25) is 5.91 Å². The number of aryl methyl sites for hydroxylation is 1. The van der Waals surface area contributed by atoms with Gasteiger partial charge in [-0.15, -0.1) is 0 Å². The molecule has 0 aliphatic carbocycles. The summed E-state index contributed by atoms with van der Waals surface area (Å²) in [6, 6.07) is 7.54. The predicted octanol–water partition coefficient (Wildman–Crippen LogP) is 3.07. The molecule has 0 radical (unpaired) electrons. The van der Waals surface area contributed by atoms with Crippen LogP contribution in [-0.2, 0) is 4.79 Å². The molecule has 1 aromatic rings. The van der Waals surface area contributed by atoms with E-state index >= 15 is 0 Å².